The van der Waals surface area contributed by atoms with Gasteiger partial charge < -0.3 is 10.6 Å². The Balaban J connectivity index is 1.80. The number of imide groups is 1. The zero-order valence-electron chi connectivity index (χ0n) is 9.90. The fraction of sp³-hybridized carbons (Fsp3) is 0.250. The Morgan fingerprint density at radius 2 is 1.95 bits per heavy atom. The minimum atomic E-state index is -0.693. The molecule has 0 aromatic heterocycles. The van der Waals surface area contributed by atoms with Gasteiger partial charge in [-0.15, -0.1) is 0 Å². The van der Waals surface area contributed by atoms with Gasteiger partial charge in [-0.3, -0.25) is 14.9 Å². The van der Waals surface area contributed by atoms with Crippen molar-refractivity contribution < 1.29 is 14.4 Å². The van der Waals surface area contributed by atoms with Crippen molar-refractivity contribution in [2.45, 2.75) is 12.5 Å². The predicted molar refractivity (Wildman–Crippen MR) is 71.3 cm³/mol. The first-order valence-corrected chi connectivity index (χ1v) is 6.46. The van der Waals surface area contributed by atoms with Gasteiger partial charge in [0.05, 0.1) is 6.42 Å². The number of carbonyl (C=O) groups is 3. The molecule has 1 heterocycles. The summed E-state index contributed by atoms with van der Waals surface area (Å²) in [7, 11) is 0. The summed E-state index contributed by atoms with van der Waals surface area (Å²) in [6.45, 7) is 0.0902. The first-order chi connectivity index (χ1) is 9.04. The first-order valence-electron chi connectivity index (χ1n) is 5.67. The van der Waals surface area contributed by atoms with Gasteiger partial charge in [0.2, 0.25) is 5.91 Å². The minimum absolute atomic E-state index is 0.0902. The van der Waals surface area contributed by atoms with E-state index in [9.17, 15) is 14.4 Å². The number of amides is 4. The van der Waals surface area contributed by atoms with E-state index in [1.807, 2.05) is 24.3 Å². The van der Waals surface area contributed by atoms with Gasteiger partial charge in [-0.1, -0.05) is 28.1 Å². The van der Waals surface area contributed by atoms with Crippen molar-refractivity contribution >= 4 is 33.8 Å². The summed E-state index contributed by atoms with van der Waals surface area (Å²) in [5.41, 5.74) is 0.876. The standard InChI is InChI=1S/C12H12BrN3O3/c13-8-3-1-7(2-4-8)5-10(17)14-6-9-11(18)16-12(19)15-9/h1-4,9H,5-6H2,(H,14,17)(H2,15,16,18,19). The van der Waals surface area contributed by atoms with E-state index in [4.69, 9.17) is 0 Å². The molecule has 100 valence electrons. The molecule has 1 aliphatic heterocycles. The van der Waals surface area contributed by atoms with Gasteiger partial charge >= 0.3 is 6.03 Å². The summed E-state index contributed by atoms with van der Waals surface area (Å²) in [5.74, 6) is -0.620. The third-order valence-corrected chi connectivity index (χ3v) is 3.17. The molecule has 1 saturated heterocycles. The number of urea groups is 1. The molecule has 1 aromatic rings. The maximum atomic E-state index is 11.7. The van der Waals surface area contributed by atoms with Gasteiger partial charge in [0, 0.05) is 11.0 Å². The molecule has 0 saturated carbocycles. The van der Waals surface area contributed by atoms with Crippen molar-refractivity contribution in [3.8, 4) is 0 Å². The Bertz CT molecular complexity index is 515. The van der Waals surface area contributed by atoms with E-state index >= 15 is 0 Å². The van der Waals surface area contributed by atoms with Crippen LogP contribution in [0.15, 0.2) is 28.7 Å². The zero-order valence-corrected chi connectivity index (χ0v) is 11.5. The molecule has 3 N–H and O–H groups in total. The molecule has 6 nitrogen and oxygen atoms in total. The Morgan fingerprint density at radius 3 is 2.53 bits per heavy atom. The lowest BCUT2D eigenvalue weighted by molar-refractivity contribution is -0.121. The second kappa shape index (κ2) is 5.83. The minimum Gasteiger partial charge on any atom is -0.353 e. The van der Waals surface area contributed by atoms with Crippen LogP contribution in [0, 0.1) is 0 Å². The average Bonchev–Trinajstić information content (AvgIpc) is 2.68. The molecule has 2 rings (SSSR count). The van der Waals surface area contributed by atoms with Crippen molar-refractivity contribution in [2.24, 2.45) is 0 Å². The monoisotopic (exact) mass is 325 g/mol. The third kappa shape index (κ3) is 3.78. The van der Waals surface area contributed by atoms with Crippen molar-refractivity contribution in [2.75, 3.05) is 6.54 Å². The van der Waals surface area contributed by atoms with Crippen molar-refractivity contribution in [3.05, 3.63) is 34.3 Å². The molecular formula is C12H12BrN3O3. The van der Waals surface area contributed by atoms with Crippen LogP contribution < -0.4 is 16.0 Å². The van der Waals surface area contributed by atoms with E-state index in [1.54, 1.807) is 0 Å². The van der Waals surface area contributed by atoms with Gasteiger partial charge in [-0.05, 0) is 17.7 Å². The van der Waals surface area contributed by atoms with E-state index in [0.29, 0.717) is 0 Å². The largest absolute Gasteiger partial charge is 0.353 e. The number of nitrogens with one attached hydrogen (secondary N) is 3. The molecular weight excluding hydrogens is 314 g/mol. The Labute approximate surface area is 118 Å². The van der Waals surface area contributed by atoms with Crippen LogP contribution in [-0.4, -0.2) is 30.4 Å². The summed E-state index contributed by atoms with van der Waals surface area (Å²) < 4.78 is 0.946. The Morgan fingerprint density at radius 1 is 1.26 bits per heavy atom. The lowest BCUT2D eigenvalue weighted by Gasteiger charge is -2.09. The number of hydrogen-bond donors (Lipinski definition) is 3. The molecule has 1 fully saturated rings. The second-order valence-corrected chi connectivity index (χ2v) is 5.04. The SMILES string of the molecule is O=C(Cc1ccc(Br)cc1)NCC1NC(=O)NC1=O. The molecule has 19 heavy (non-hydrogen) atoms. The lowest BCUT2D eigenvalue weighted by atomic mass is 10.1. The van der Waals surface area contributed by atoms with Crippen LogP contribution >= 0.6 is 15.9 Å². The van der Waals surface area contributed by atoms with Gasteiger partial charge in [0.1, 0.15) is 6.04 Å². The molecule has 4 amide bonds. The third-order valence-electron chi connectivity index (χ3n) is 2.64. The maximum absolute atomic E-state index is 11.7. The van der Waals surface area contributed by atoms with Crippen LogP contribution in [0.2, 0.25) is 0 Å². The van der Waals surface area contributed by atoms with Crippen molar-refractivity contribution in [3.63, 3.8) is 0 Å². The van der Waals surface area contributed by atoms with Crippen LogP contribution in [0.3, 0.4) is 0 Å². The molecule has 1 aliphatic rings. The molecule has 1 unspecified atom stereocenters. The molecule has 0 aliphatic carbocycles. The smallest absolute Gasteiger partial charge is 0.322 e. The highest BCUT2D eigenvalue weighted by molar-refractivity contribution is 9.10. The van der Waals surface area contributed by atoms with Crippen LogP contribution in [-0.2, 0) is 16.0 Å². The predicted octanol–water partition coefficient (Wildman–Crippen LogP) is 0.316. The molecule has 1 aromatic carbocycles. The van der Waals surface area contributed by atoms with Crippen LogP contribution in [0.5, 0.6) is 0 Å². The fourth-order valence-electron chi connectivity index (χ4n) is 1.67. The summed E-state index contributed by atoms with van der Waals surface area (Å²) >= 11 is 3.31. The summed E-state index contributed by atoms with van der Waals surface area (Å²) in [5, 5.41) is 7.12. The Hall–Kier alpha value is -1.89. The molecule has 0 bridgehead atoms. The maximum Gasteiger partial charge on any atom is 0.322 e. The zero-order chi connectivity index (χ0) is 13.8. The number of rotatable bonds is 4. The fourth-order valence-corrected chi connectivity index (χ4v) is 1.93. The number of carbonyl (C=O) groups excluding carboxylic acids is 3. The van der Waals surface area contributed by atoms with Gasteiger partial charge in [-0.25, -0.2) is 4.79 Å². The lowest BCUT2D eigenvalue weighted by Crippen LogP contribution is -2.42. The highest BCUT2D eigenvalue weighted by Crippen LogP contribution is 2.10. The molecule has 7 heteroatoms. The van der Waals surface area contributed by atoms with Gasteiger partial charge in [-0.2, -0.15) is 0 Å². The van der Waals surface area contributed by atoms with Crippen LogP contribution in [0.25, 0.3) is 0 Å². The average molecular weight is 326 g/mol. The van der Waals surface area contributed by atoms with Crippen molar-refractivity contribution in [1.82, 2.24) is 16.0 Å². The van der Waals surface area contributed by atoms with E-state index < -0.39 is 18.0 Å². The number of halogens is 1. The van der Waals surface area contributed by atoms with E-state index in [-0.39, 0.29) is 18.9 Å². The highest BCUT2D eigenvalue weighted by Gasteiger charge is 2.29. The van der Waals surface area contributed by atoms with Crippen LogP contribution in [0.1, 0.15) is 5.56 Å². The molecule has 1 atom stereocenters. The van der Waals surface area contributed by atoms with E-state index in [0.717, 1.165) is 10.0 Å². The normalized spacial score (nSPS) is 17.8. The molecule has 0 radical (unpaired) electrons. The second-order valence-electron chi connectivity index (χ2n) is 4.12. The summed E-state index contributed by atoms with van der Waals surface area (Å²) in [6, 6.07) is 6.17. The quantitative estimate of drug-likeness (QED) is 0.696. The van der Waals surface area contributed by atoms with E-state index in [2.05, 4.69) is 31.9 Å². The number of hydrogen-bond acceptors (Lipinski definition) is 3. The van der Waals surface area contributed by atoms with Crippen molar-refractivity contribution in [1.29, 1.82) is 0 Å². The number of benzene rings is 1. The highest BCUT2D eigenvalue weighted by atomic mass is 79.9. The van der Waals surface area contributed by atoms with Crippen LogP contribution in [0.4, 0.5) is 4.79 Å². The summed E-state index contributed by atoms with van der Waals surface area (Å²) in [6.07, 6.45) is 0.232. The van der Waals surface area contributed by atoms with Gasteiger partial charge in [0.15, 0.2) is 0 Å². The summed E-state index contributed by atoms with van der Waals surface area (Å²) in [4.78, 5) is 33.8. The van der Waals surface area contributed by atoms with E-state index in [1.165, 1.54) is 0 Å². The topological polar surface area (TPSA) is 87.3 Å². The van der Waals surface area contributed by atoms with Gasteiger partial charge in [0.25, 0.3) is 5.91 Å². The molecule has 0 spiro atoms. The first kappa shape index (κ1) is 13.5. The Kier molecular flexibility index (Phi) is 4.16.